The third kappa shape index (κ3) is 2.61. The van der Waals surface area contributed by atoms with Gasteiger partial charge in [-0.2, -0.15) is 0 Å². The summed E-state index contributed by atoms with van der Waals surface area (Å²) in [4.78, 5) is 0. The Morgan fingerprint density at radius 2 is 1.72 bits per heavy atom. The lowest BCUT2D eigenvalue weighted by atomic mass is 9.75. The molecule has 0 spiro atoms. The van der Waals surface area contributed by atoms with E-state index in [0.717, 1.165) is 6.04 Å². The Bertz CT molecular complexity index is 396. The molecule has 1 nitrogen and oxygen atoms in total. The number of hydrogen-bond donors (Lipinski definition) is 1. The third-order valence-electron chi connectivity index (χ3n) is 4.73. The van der Waals surface area contributed by atoms with Crippen molar-refractivity contribution in [2.45, 2.75) is 64.5 Å². The van der Waals surface area contributed by atoms with Crippen LogP contribution in [0.3, 0.4) is 0 Å². The lowest BCUT2D eigenvalue weighted by Gasteiger charge is -2.37. The largest absolute Gasteiger partial charge is 0.311 e. The van der Waals surface area contributed by atoms with Crippen LogP contribution in [0, 0.1) is 5.41 Å². The molecule has 0 bridgehead atoms. The van der Waals surface area contributed by atoms with Gasteiger partial charge < -0.3 is 5.32 Å². The molecule has 0 radical (unpaired) electrons. The zero-order valence-corrected chi connectivity index (χ0v) is 11.7. The van der Waals surface area contributed by atoms with Crippen molar-refractivity contribution in [3.63, 3.8) is 0 Å². The lowest BCUT2D eigenvalue weighted by molar-refractivity contribution is 0.189. The number of hydrogen-bond acceptors (Lipinski definition) is 1. The van der Waals surface area contributed by atoms with Crippen molar-refractivity contribution in [3.8, 4) is 0 Å². The highest BCUT2D eigenvalue weighted by atomic mass is 15.0. The highest BCUT2D eigenvalue weighted by molar-refractivity contribution is 5.33. The fraction of sp³-hybridized carbons (Fsp3) is 0.647. The number of benzene rings is 1. The predicted octanol–water partition coefficient (Wildman–Crippen LogP) is 3.71. The van der Waals surface area contributed by atoms with Gasteiger partial charge >= 0.3 is 0 Å². The molecule has 1 unspecified atom stereocenters. The molecule has 2 aliphatic carbocycles. The fourth-order valence-electron chi connectivity index (χ4n) is 3.85. The first-order valence-corrected chi connectivity index (χ1v) is 7.45. The summed E-state index contributed by atoms with van der Waals surface area (Å²) in [6, 6.07) is 10.4. The predicted molar refractivity (Wildman–Crippen MR) is 76.8 cm³/mol. The number of fused-ring (bicyclic) bond motifs is 1. The first-order chi connectivity index (χ1) is 8.62. The van der Waals surface area contributed by atoms with Crippen molar-refractivity contribution in [2.75, 3.05) is 0 Å². The van der Waals surface area contributed by atoms with E-state index < -0.39 is 0 Å². The summed E-state index contributed by atoms with van der Waals surface area (Å²) in [5.41, 5.74) is 3.66. The van der Waals surface area contributed by atoms with E-state index in [1.165, 1.54) is 38.5 Å². The summed E-state index contributed by atoms with van der Waals surface area (Å²) >= 11 is 0. The molecular formula is C17H25N. The van der Waals surface area contributed by atoms with E-state index in [9.17, 15) is 0 Å². The molecule has 0 aliphatic heterocycles. The molecule has 0 saturated heterocycles. The van der Waals surface area contributed by atoms with E-state index in [4.69, 9.17) is 0 Å². The van der Waals surface area contributed by atoms with Crippen LogP contribution >= 0.6 is 0 Å². The Kier molecular flexibility index (Phi) is 3.19. The van der Waals surface area contributed by atoms with Crippen LogP contribution in [0.2, 0.25) is 0 Å². The maximum Gasteiger partial charge on any atom is 0.0151 e. The summed E-state index contributed by atoms with van der Waals surface area (Å²) < 4.78 is 0. The molecular weight excluding hydrogens is 218 g/mol. The average Bonchev–Trinajstić information content (AvgIpc) is 2.69. The van der Waals surface area contributed by atoms with Crippen molar-refractivity contribution < 1.29 is 0 Å². The van der Waals surface area contributed by atoms with E-state index in [0.29, 0.717) is 11.5 Å². The Morgan fingerprint density at radius 1 is 1.06 bits per heavy atom. The monoisotopic (exact) mass is 243 g/mol. The van der Waals surface area contributed by atoms with Gasteiger partial charge in [-0.3, -0.25) is 0 Å². The fourth-order valence-corrected chi connectivity index (χ4v) is 3.85. The minimum Gasteiger partial charge on any atom is -0.311 e. The zero-order valence-electron chi connectivity index (χ0n) is 11.7. The van der Waals surface area contributed by atoms with Gasteiger partial charge in [-0.1, -0.05) is 44.5 Å². The first-order valence-electron chi connectivity index (χ1n) is 7.45. The van der Waals surface area contributed by atoms with E-state index in [1.54, 1.807) is 11.1 Å². The van der Waals surface area contributed by atoms with Gasteiger partial charge in [-0.15, -0.1) is 0 Å². The van der Waals surface area contributed by atoms with E-state index in [1.807, 2.05) is 0 Å². The van der Waals surface area contributed by atoms with Crippen LogP contribution < -0.4 is 5.32 Å². The van der Waals surface area contributed by atoms with Crippen molar-refractivity contribution in [3.05, 3.63) is 35.4 Å². The topological polar surface area (TPSA) is 12.0 Å². The second-order valence-electron chi connectivity index (χ2n) is 7.00. The van der Waals surface area contributed by atoms with Crippen LogP contribution in [0.4, 0.5) is 0 Å². The average molecular weight is 243 g/mol. The molecule has 1 atom stereocenters. The Hall–Kier alpha value is -0.820. The SMILES string of the molecule is CC1(C)CCCC(NC2Cc3ccccc3C2)C1. The summed E-state index contributed by atoms with van der Waals surface area (Å²) in [7, 11) is 0. The summed E-state index contributed by atoms with van der Waals surface area (Å²) in [6.07, 6.45) is 7.97. The van der Waals surface area contributed by atoms with Crippen LogP contribution in [0.1, 0.15) is 50.7 Å². The van der Waals surface area contributed by atoms with Gasteiger partial charge in [0.2, 0.25) is 0 Å². The van der Waals surface area contributed by atoms with Crippen molar-refractivity contribution in [2.24, 2.45) is 5.41 Å². The third-order valence-corrected chi connectivity index (χ3v) is 4.73. The molecule has 1 aromatic carbocycles. The van der Waals surface area contributed by atoms with Gasteiger partial charge in [0.1, 0.15) is 0 Å². The second kappa shape index (κ2) is 4.70. The normalized spacial score (nSPS) is 27.1. The summed E-state index contributed by atoms with van der Waals surface area (Å²) in [5.74, 6) is 0. The van der Waals surface area contributed by atoms with Crippen LogP contribution in [-0.2, 0) is 12.8 Å². The quantitative estimate of drug-likeness (QED) is 0.835. The standard InChI is InChI=1S/C17H25N/c1-17(2)9-5-8-15(12-17)18-16-10-13-6-3-4-7-14(13)11-16/h3-4,6-7,15-16,18H,5,8-12H2,1-2H3. The van der Waals surface area contributed by atoms with E-state index >= 15 is 0 Å². The molecule has 1 fully saturated rings. The Labute approximate surface area is 111 Å². The summed E-state index contributed by atoms with van der Waals surface area (Å²) in [5, 5.41) is 3.92. The maximum atomic E-state index is 3.92. The van der Waals surface area contributed by atoms with Crippen molar-refractivity contribution >= 4 is 0 Å². The molecule has 2 aliphatic rings. The molecule has 1 heteroatoms. The highest BCUT2D eigenvalue weighted by Crippen LogP contribution is 2.35. The molecule has 1 N–H and O–H groups in total. The van der Waals surface area contributed by atoms with Crippen LogP contribution in [0.5, 0.6) is 0 Å². The lowest BCUT2D eigenvalue weighted by Crippen LogP contribution is -2.43. The van der Waals surface area contributed by atoms with Gasteiger partial charge in [-0.05, 0) is 48.6 Å². The van der Waals surface area contributed by atoms with E-state index in [2.05, 4.69) is 43.4 Å². The first kappa shape index (κ1) is 12.2. The highest BCUT2D eigenvalue weighted by Gasteiger charge is 2.30. The molecule has 0 heterocycles. The van der Waals surface area contributed by atoms with Gasteiger partial charge in [0.15, 0.2) is 0 Å². The summed E-state index contributed by atoms with van der Waals surface area (Å²) in [6.45, 7) is 4.84. The molecule has 1 saturated carbocycles. The van der Waals surface area contributed by atoms with Gasteiger partial charge in [-0.25, -0.2) is 0 Å². The Morgan fingerprint density at radius 3 is 2.33 bits per heavy atom. The van der Waals surface area contributed by atoms with Crippen molar-refractivity contribution in [1.82, 2.24) is 5.32 Å². The molecule has 0 aromatic heterocycles. The molecule has 98 valence electrons. The van der Waals surface area contributed by atoms with Gasteiger partial charge in [0.25, 0.3) is 0 Å². The minimum atomic E-state index is 0.543. The van der Waals surface area contributed by atoms with Crippen LogP contribution in [-0.4, -0.2) is 12.1 Å². The van der Waals surface area contributed by atoms with E-state index in [-0.39, 0.29) is 0 Å². The smallest absolute Gasteiger partial charge is 0.0151 e. The van der Waals surface area contributed by atoms with Gasteiger partial charge in [0, 0.05) is 12.1 Å². The van der Waals surface area contributed by atoms with Crippen molar-refractivity contribution in [1.29, 1.82) is 0 Å². The minimum absolute atomic E-state index is 0.543. The second-order valence-corrected chi connectivity index (χ2v) is 7.00. The number of rotatable bonds is 2. The maximum absolute atomic E-state index is 3.92. The van der Waals surface area contributed by atoms with Crippen LogP contribution in [0.15, 0.2) is 24.3 Å². The molecule has 18 heavy (non-hydrogen) atoms. The van der Waals surface area contributed by atoms with Gasteiger partial charge in [0.05, 0.1) is 0 Å². The van der Waals surface area contributed by atoms with Crippen LogP contribution in [0.25, 0.3) is 0 Å². The molecule has 0 amide bonds. The Balaban J connectivity index is 1.59. The molecule has 1 aromatic rings. The molecule has 3 rings (SSSR count). The zero-order chi connectivity index (χ0) is 12.6. The number of nitrogens with one attached hydrogen (secondary N) is 1.